The highest BCUT2D eigenvalue weighted by Gasteiger charge is 2.12. The highest BCUT2D eigenvalue weighted by atomic mass is 14.8. The number of pyridine rings is 1. The van der Waals surface area contributed by atoms with Gasteiger partial charge in [0, 0.05) is 5.69 Å². The van der Waals surface area contributed by atoms with Crippen molar-refractivity contribution in [1.29, 1.82) is 0 Å². The van der Waals surface area contributed by atoms with Gasteiger partial charge in [0.05, 0.1) is 0 Å². The van der Waals surface area contributed by atoms with Gasteiger partial charge in [0.1, 0.15) is 5.82 Å². The monoisotopic (exact) mass is 206 g/mol. The Morgan fingerprint density at radius 1 is 1.33 bits per heavy atom. The van der Waals surface area contributed by atoms with Crippen molar-refractivity contribution in [1.82, 2.24) is 4.98 Å². The molecular formula is C13H22N2. The van der Waals surface area contributed by atoms with E-state index in [1.807, 2.05) is 6.07 Å². The quantitative estimate of drug-likeness (QED) is 0.798. The Labute approximate surface area is 92.9 Å². The molecule has 15 heavy (non-hydrogen) atoms. The normalized spacial score (nSPS) is 12.7. The zero-order chi connectivity index (χ0) is 11.3. The first kappa shape index (κ1) is 12.0. The van der Waals surface area contributed by atoms with Gasteiger partial charge in [0.2, 0.25) is 0 Å². The molecule has 2 heteroatoms. The van der Waals surface area contributed by atoms with Crippen LogP contribution in [0, 0.1) is 6.92 Å². The lowest BCUT2D eigenvalue weighted by atomic mass is 9.90. The Morgan fingerprint density at radius 3 is 2.60 bits per heavy atom. The van der Waals surface area contributed by atoms with E-state index < -0.39 is 0 Å². The number of rotatable bonds is 5. The summed E-state index contributed by atoms with van der Waals surface area (Å²) in [6.45, 7) is 6.54. The average molecular weight is 206 g/mol. The molecule has 0 fully saturated rings. The standard InChI is InChI=1S/C13H22N2/c1-4-6-7-11(5-2)12-8-9-13(14)15-10(12)3/h8-9,11H,4-7H2,1-3H3,(H2,14,15). The Kier molecular flexibility index (Phi) is 4.60. The van der Waals surface area contributed by atoms with Gasteiger partial charge in [0.25, 0.3) is 0 Å². The summed E-state index contributed by atoms with van der Waals surface area (Å²) >= 11 is 0. The number of unbranched alkanes of at least 4 members (excludes halogenated alkanes) is 1. The second-order valence-electron chi connectivity index (χ2n) is 4.16. The van der Waals surface area contributed by atoms with Crippen LogP contribution in [0.2, 0.25) is 0 Å². The molecule has 0 aliphatic heterocycles. The lowest BCUT2D eigenvalue weighted by Crippen LogP contribution is -2.03. The van der Waals surface area contributed by atoms with Crippen LogP contribution >= 0.6 is 0 Å². The highest BCUT2D eigenvalue weighted by molar-refractivity contribution is 5.35. The summed E-state index contributed by atoms with van der Waals surface area (Å²) < 4.78 is 0. The van der Waals surface area contributed by atoms with Gasteiger partial charge in [-0.05, 0) is 37.3 Å². The van der Waals surface area contributed by atoms with Gasteiger partial charge in [-0.2, -0.15) is 0 Å². The number of nitrogen functional groups attached to an aromatic ring is 1. The third-order valence-electron chi connectivity index (χ3n) is 2.99. The van der Waals surface area contributed by atoms with E-state index in [1.54, 1.807) is 0 Å². The average Bonchev–Trinajstić information content (AvgIpc) is 2.21. The molecule has 0 saturated heterocycles. The summed E-state index contributed by atoms with van der Waals surface area (Å²) in [6, 6.07) is 4.05. The number of aryl methyl sites for hydroxylation is 1. The molecule has 0 saturated carbocycles. The summed E-state index contributed by atoms with van der Waals surface area (Å²) in [4.78, 5) is 4.33. The predicted molar refractivity (Wildman–Crippen MR) is 65.9 cm³/mol. The van der Waals surface area contributed by atoms with Crippen molar-refractivity contribution in [3.63, 3.8) is 0 Å². The third kappa shape index (κ3) is 3.22. The van der Waals surface area contributed by atoms with Crippen LogP contribution in [0.1, 0.15) is 56.7 Å². The number of hydrogen-bond acceptors (Lipinski definition) is 2. The van der Waals surface area contributed by atoms with Gasteiger partial charge in [-0.3, -0.25) is 0 Å². The first-order valence-electron chi connectivity index (χ1n) is 5.92. The fourth-order valence-electron chi connectivity index (χ4n) is 2.05. The summed E-state index contributed by atoms with van der Waals surface area (Å²) in [5, 5.41) is 0. The van der Waals surface area contributed by atoms with Crippen molar-refractivity contribution < 1.29 is 0 Å². The van der Waals surface area contributed by atoms with Crippen molar-refractivity contribution in [3.05, 3.63) is 23.4 Å². The van der Waals surface area contributed by atoms with Crippen LogP contribution < -0.4 is 5.73 Å². The van der Waals surface area contributed by atoms with Crippen LogP contribution in [0.5, 0.6) is 0 Å². The minimum atomic E-state index is 0.626. The molecule has 0 aromatic carbocycles. The van der Waals surface area contributed by atoms with Crippen LogP contribution in [0.4, 0.5) is 5.82 Å². The second kappa shape index (κ2) is 5.74. The van der Waals surface area contributed by atoms with Crippen LogP contribution in [0.3, 0.4) is 0 Å². The van der Waals surface area contributed by atoms with E-state index in [1.165, 1.54) is 31.2 Å². The molecule has 0 spiro atoms. The molecule has 1 rings (SSSR count). The Balaban J connectivity index is 2.81. The first-order chi connectivity index (χ1) is 7.19. The van der Waals surface area contributed by atoms with Crippen molar-refractivity contribution in [2.24, 2.45) is 0 Å². The van der Waals surface area contributed by atoms with E-state index in [0.29, 0.717) is 11.7 Å². The van der Waals surface area contributed by atoms with E-state index in [9.17, 15) is 0 Å². The molecule has 1 unspecified atom stereocenters. The SMILES string of the molecule is CCCCC(CC)c1ccc(N)nc1C. The van der Waals surface area contributed by atoms with E-state index in [0.717, 1.165) is 5.69 Å². The maximum Gasteiger partial charge on any atom is 0.123 e. The van der Waals surface area contributed by atoms with Crippen LogP contribution in [0.15, 0.2) is 12.1 Å². The molecule has 84 valence electrons. The van der Waals surface area contributed by atoms with Crippen LogP contribution in [-0.2, 0) is 0 Å². The number of aromatic nitrogens is 1. The van der Waals surface area contributed by atoms with Gasteiger partial charge in [-0.1, -0.05) is 32.8 Å². The van der Waals surface area contributed by atoms with Crippen molar-refractivity contribution in [2.75, 3.05) is 5.73 Å². The number of hydrogen-bond donors (Lipinski definition) is 1. The Morgan fingerprint density at radius 2 is 2.07 bits per heavy atom. The van der Waals surface area contributed by atoms with E-state index >= 15 is 0 Å². The molecule has 1 aromatic heterocycles. The molecule has 1 heterocycles. The molecular weight excluding hydrogens is 184 g/mol. The minimum absolute atomic E-state index is 0.626. The predicted octanol–water partition coefficient (Wildman–Crippen LogP) is 3.66. The summed E-state index contributed by atoms with van der Waals surface area (Å²) in [6.07, 6.45) is 5.01. The molecule has 2 nitrogen and oxygen atoms in total. The molecule has 0 amide bonds. The molecule has 2 N–H and O–H groups in total. The number of nitrogens with zero attached hydrogens (tertiary/aromatic N) is 1. The lowest BCUT2D eigenvalue weighted by molar-refractivity contribution is 0.565. The van der Waals surface area contributed by atoms with Gasteiger partial charge in [-0.25, -0.2) is 4.98 Å². The largest absolute Gasteiger partial charge is 0.384 e. The van der Waals surface area contributed by atoms with Crippen LogP contribution in [-0.4, -0.2) is 4.98 Å². The van der Waals surface area contributed by atoms with Crippen molar-refractivity contribution in [3.8, 4) is 0 Å². The molecule has 0 aliphatic rings. The maximum absolute atomic E-state index is 5.66. The second-order valence-corrected chi connectivity index (χ2v) is 4.16. The third-order valence-corrected chi connectivity index (χ3v) is 2.99. The molecule has 0 radical (unpaired) electrons. The summed E-state index contributed by atoms with van der Waals surface area (Å²) in [5.74, 6) is 1.28. The van der Waals surface area contributed by atoms with Gasteiger partial charge in [0.15, 0.2) is 0 Å². The Bertz CT molecular complexity index is 307. The molecule has 1 aromatic rings. The molecule has 0 aliphatic carbocycles. The lowest BCUT2D eigenvalue weighted by Gasteiger charge is -2.16. The fraction of sp³-hybridized carbons (Fsp3) is 0.615. The topological polar surface area (TPSA) is 38.9 Å². The van der Waals surface area contributed by atoms with Crippen molar-refractivity contribution in [2.45, 2.75) is 52.4 Å². The molecule has 0 bridgehead atoms. The van der Waals surface area contributed by atoms with Gasteiger partial charge < -0.3 is 5.73 Å². The maximum atomic E-state index is 5.66. The molecule has 1 atom stereocenters. The summed E-state index contributed by atoms with van der Waals surface area (Å²) in [5.41, 5.74) is 8.13. The fourth-order valence-corrected chi connectivity index (χ4v) is 2.05. The number of anilines is 1. The zero-order valence-electron chi connectivity index (χ0n) is 10.1. The first-order valence-corrected chi connectivity index (χ1v) is 5.92. The number of nitrogens with two attached hydrogens (primary N) is 1. The van der Waals surface area contributed by atoms with E-state index in [2.05, 4.69) is 31.8 Å². The van der Waals surface area contributed by atoms with E-state index in [4.69, 9.17) is 5.73 Å². The van der Waals surface area contributed by atoms with Gasteiger partial charge >= 0.3 is 0 Å². The minimum Gasteiger partial charge on any atom is -0.384 e. The van der Waals surface area contributed by atoms with Gasteiger partial charge in [-0.15, -0.1) is 0 Å². The summed E-state index contributed by atoms with van der Waals surface area (Å²) in [7, 11) is 0. The van der Waals surface area contributed by atoms with Crippen LogP contribution in [0.25, 0.3) is 0 Å². The Hall–Kier alpha value is -1.05. The van der Waals surface area contributed by atoms with E-state index in [-0.39, 0.29) is 0 Å². The highest BCUT2D eigenvalue weighted by Crippen LogP contribution is 2.27. The zero-order valence-corrected chi connectivity index (χ0v) is 10.1. The van der Waals surface area contributed by atoms with Crippen molar-refractivity contribution >= 4 is 5.82 Å². The smallest absolute Gasteiger partial charge is 0.123 e.